The van der Waals surface area contributed by atoms with E-state index in [1.165, 1.54) is 0 Å². The van der Waals surface area contributed by atoms with E-state index in [2.05, 4.69) is 10.3 Å². The molecule has 2 saturated heterocycles. The highest BCUT2D eigenvalue weighted by atomic mass is 19.1. The van der Waals surface area contributed by atoms with Crippen LogP contribution in [-0.2, 0) is 33.0 Å². The van der Waals surface area contributed by atoms with Gasteiger partial charge in [0.25, 0.3) is 5.91 Å². The van der Waals surface area contributed by atoms with E-state index >= 15 is 4.39 Å². The second kappa shape index (κ2) is 11.4. The van der Waals surface area contributed by atoms with Crippen molar-refractivity contribution in [3.63, 3.8) is 0 Å². The third-order valence-corrected chi connectivity index (χ3v) is 9.90. The normalized spacial score (nSPS) is 24.8. The fraction of sp³-hybridized carbons (Fsp3) is 0.389. The molecule has 9 nitrogen and oxygen atoms in total. The van der Waals surface area contributed by atoms with Crippen LogP contribution in [0.15, 0.2) is 85.1 Å². The number of carbonyl (C=O) groups is 2. The number of aliphatic hydroxyl groups is 1. The zero-order valence-electron chi connectivity index (χ0n) is 26.2. The van der Waals surface area contributed by atoms with E-state index in [9.17, 15) is 14.7 Å². The van der Waals surface area contributed by atoms with Crippen molar-refractivity contribution in [2.45, 2.75) is 70.2 Å². The molecule has 238 valence electrons. The number of fused-ring (bicyclic) bond motifs is 2. The summed E-state index contributed by atoms with van der Waals surface area (Å²) in [5.41, 5.74) is 1.45. The largest absolute Gasteiger partial charge is 0.382 e. The number of hydrogen-bond donors (Lipinski definition) is 1. The number of aliphatic hydroxyl groups excluding tert-OH is 1. The van der Waals surface area contributed by atoms with Gasteiger partial charge in [-0.15, -0.1) is 5.10 Å². The SMILES string of the molecule is C[C@H]1[C@H](C(C)(C)F)[C@@H](CCn2cc([C@H](O)c3ccccc3)nn2)O[C@]12C(=O)N(Cc1ccc(N3CCC3=O)cc1)c1ccccc12. The number of carbonyl (C=O) groups excluding carboxylic acids is 2. The Morgan fingerprint density at radius 1 is 1.04 bits per heavy atom. The molecular formula is C36H38FN5O4. The maximum absolute atomic E-state index is 16.1. The van der Waals surface area contributed by atoms with Crippen molar-refractivity contribution in [3.8, 4) is 0 Å². The van der Waals surface area contributed by atoms with Gasteiger partial charge in [-0.25, -0.2) is 4.39 Å². The molecular weight excluding hydrogens is 585 g/mol. The molecule has 4 aromatic rings. The van der Waals surface area contributed by atoms with E-state index in [1.54, 1.807) is 34.5 Å². The van der Waals surface area contributed by atoms with Crippen LogP contribution >= 0.6 is 0 Å². The molecule has 0 radical (unpaired) electrons. The maximum atomic E-state index is 16.1. The van der Waals surface area contributed by atoms with Crippen molar-refractivity contribution in [2.24, 2.45) is 11.8 Å². The predicted octanol–water partition coefficient (Wildman–Crippen LogP) is 5.33. The minimum atomic E-state index is -1.63. The first kappa shape index (κ1) is 30.3. The van der Waals surface area contributed by atoms with Crippen LogP contribution in [0.2, 0.25) is 0 Å². The first-order valence-corrected chi connectivity index (χ1v) is 15.9. The van der Waals surface area contributed by atoms with Crippen molar-refractivity contribution in [1.82, 2.24) is 15.0 Å². The number of β-lactam (4-membered cyclic amide) rings is 1. The van der Waals surface area contributed by atoms with Crippen molar-refractivity contribution in [2.75, 3.05) is 16.3 Å². The van der Waals surface area contributed by atoms with Gasteiger partial charge < -0.3 is 19.6 Å². The van der Waals surface area contributed by atoms with Gasteiger partial charge in [0.2, 0.25) is 5.91 Å². The molecule has 3 aliphatic heterocycles. The van der Waals surface area contributed by atoms with Gasteiger partial charge in [0.15, 0.2) is 5.60 Å². The third kappa shape index (κ3) is 5.00. The quantitative estimate of drug-likeness (QED) is 0.253. The van der Waals surface area contributed by atoms with Gasteiger partial charge in [0.05, 0.1) is 24.5 Å². The van der Waals surface area contributed by atoms with Gasteiger partial charge in [-0.1, -0.05) is 72.8 Å². The third-order valence-electron chi connectivity index (χ3n) is 9.90. The van der Waals surface area contributed by atoms with Crippen LogP contribution in [0.5, 0.6) is 0 Å². The standard InChI is InChI=1S/C36H38FN5O4/c1-23-32(35(2,3)37)30(17-19-40-22-28(38-39-40)33(44)25-9-5-4-6-10-25)46-36(23)27-11-7-8-12-29(27)42(34(36)45)21-24-13-15-26(16-14-24)41-20-18-31(41)43/h4-16,22-23,30,32-33,44H,17-21H2,1-3H3/t23-,30+,32-,33+,36+/m0/s1. The molecule has 0 aliphatic carbocycles. The van der Waals surface area contributed by atoms with E-state index in [1.807, 2.05) is 85.8 Å². The first-order valence-electron chi connectivity index (χ1n) is 15.9. The topological polar surface area (TPSA) is 101 Å². The fourth-order valence-electron chi connectivity index (χ4n) is 7.59. The molecule has 0 unspecified atom stereocenters. The highest BCUT2D eigenvalue weighted by Gasteiger charge is 2.66. The smallest absolute Gasteiger partial charge is 0.264 e. The van der Waals surface area contributed by atoms with Crippen LogP contribution in [0.3, 0.4) is 0 Å². The minimum absolute atomic E-state index is 0.111. The number of anilines is 2. The first-order chi connectivity index (χ1) is 22.1. The average Bonchev–Trinajstić information content (AvgIpc) is 3.71. The number of amides is 2. The van der Waals surface area contributed by atoms with Crippen LogP contribution in [0.1, 0.15) is 62.1 Å². The van der Waals surface area contributed by atoms with Crippen molar-refractivity contribution >= 4 is 23.2 Å². The van der Waals surface area contributed by atoms with Gasteiger partial charge in [0, 0.05) is 42.6 Å². The summed E-state index contributed by atoms with van der Waals surface area (Å²) in [4.78, 5) is 29.9. The van der Waals surface area contributed by atoms with Gasteiger partial charge >= 0.3 is 0 Å². The number of halogens is 1. The Kier molecular flexibility index (Phi) is 7.52. The number of rotatable bonds is 9. The Morgan fingerprint density at radius 3 is 2.43 bits per heavy atom. The van der Waals surface area contributed by atoms with Crippen LogP contribution in [-0.4, -0.2) is 50.2 Å². The summed E-state index contributed by atoms with van der Waals surface area (Å²) in [6.45, 7) is 6.45. The molecule has 1 N–H and O–H groups in total. The van der Waals surface area contributed by atoms with Crippen LogP contribution in [0.25, 0.3) is 0 Å². The van der Waals surface area contributed by atoms with E-state index < -0.39 is 35.3 Å². The van der Waals surface area contributed by atoms with Crippen LogP contribution in [0, 0.1) is 11.8 Å². The Bertz CT molecular complexity index is 1750. The van der Waals surface area contributed by atoms with Crippen LogP contribution in [0.4, 0.5) is 15.8 Å². The van der Waals surface area contributed by atoms with Crippen molar-refractivity contribution in [1.29, 1.82) is 0 Å². The Balaban J connectivity index is 1.14. The zero-order chi connectivity index (χ0) is 32.2. The van der Waals surface area contributed by atoms with Crippen molar-refractivity contribution < 1.29 is 23.8 Å². The average molecular weight is 624 g/mol. The Hall–Kier alpha value is -4.41. The molecule has 3 aliphatic rings. The summed E-state index contributed by atoms with van der Waals surface area (Å²) in [6, 6.07) is 24.6. The zero-order valence-corrected chi connectivity index (χ0v) is 26.2. The van der Waals surface area contributed by atoms with E-state index in [4.69, 9.17) is 4.74 Å². The second-order valence-electron chi connectivity index (χ2n) is 13.1. The summed E-state index contributed by atoms with van der Waals surface area (Å²) < 4.78 is 24.5. The molecule has 2 fully saturated rings. The molecule has 1 spiro atoms. The molecule has 2 amide bonds. The Morgan fingerprint density at radius 2 is 1.76 bits per heavy atom. The molecule has 4 heterocycles. The Labute approximate surface area is 267 Å². The van der Waals surface area contributed by atoms with E-state index in [0.29, 0.717) is 37.2 Å². The lowest BCUT2D eigenvalue weighted by Gasteiger charge is -2.32. The summed E-state index contributed by atoms with van der Waals surface area (Å²) in [5.74, 6) is -1.12. The summed E-state index contributed by atoms with van der Waals surface area (Å²) >= 11 is 0. The van der Waals surface area contributed by atoms with Gasteiger partial charge in [-0.2, -0.15) is 0 Å². The predicted molar refractivity (Wildman–Crippen MR) is 171 cm³/mol. The number of benzene rings is 3. The lowest BCUT2D eigenvalue weighted by Crippen LogP contribution is -2.45. The second-order valence-corrected chi connectivity index (χ2v) is 13.1. The van der Waals surface area contributed by atoms with Gasteiger partial charge in [0.1, 0.15) is 17.5 Å². The highest BCUT2D eigenvalue weighted by Crippen LogP contribution is 2.58. The van der Waals surface area contributed by atoms with Crippen molar-refractivity contribution in [3.05, 3.63) is 107 Å². The molecule has 5 atom stereocenters. The lowest BCUT2D eigenvalue weighted by molar-refractivity contribution is -0.146. The lowest BCUT2D eigenvalue weighted by atomic mass is 9.71. The molecule has 3 aromatic carbocycles. The fourth-order valence-corrected chi connectivity index (χ4v) is 7.59. The summed E-state index contributed by atoms with van der Waals surface area (Å²) in [5, 5.41) is 19.2. The number of aromatic nitrogens is 3. The van der Waals surface area contributed by atoms with E-state index in [-0.39, 0.29) is 11.8 Å². The van der Waals surface area contributed by atoms with Gasteiger partial charge in [-0.3, -0.25) is 14.3 Å². The summed E-state index contributed by atoms with van der Waals surface area (Å²) in [7, 11) is 0. The highest BCUT2D eigenvalue weighted by molar-refractivity contribution is 6.07. The number of nitrogens with zero attached hydrogens (tertiary/aromatic N) is 5. The van der Waals surface area contributed by atoms with E-state index in [0.717, 1.165) is 29.0 Å². The number of ether oxygens (including phenoxy) is 1. The molecule has 10 heteroatoms. The molecule has 7 rings (SSSR count). The number of hydrogen-bond acceptors (Lipinski definition) is 6. The number of aryl methyl sites for hydroxylation is 1. The number of para-hydroxylation sites is 1. The molecule has 1 aromatic heterocycles. The monoisotopic (exact) mass is 623 g/mol. The molecule has 0 bridgehead atoms. The van der Waals surface area contributed by atoms with Gasteiger partial charge in [-0.05, 0) is 49.6 Å². The number of alkyl halides is 1. The van der Waals surface area contributed by atoms with Crippen LogP contribution < -0.4 is 9.80 Å². The maximum Gasteiger partial charge on any atom is 0.264 e. The summed E-state index contributed by atoms with van der Waals surface area (Å²) in [6.07, 6.45) is 1.18. The minimum Gasteiger partial charge on any atom is -0.382 e. The molecule has 46 heavy (non-hydrogen) atoms. The molecule has 0 saturated carbocycles.